The molecular formula is C11H12FN5O. The van der Waals surface area contributed by atoms with Crippen molar-refractivity contribution in [2.24, 2.45) is 0 Å². The van der Waals surface area contributed by atoms with Gasteiger partial charge in [0.1, 0.15) is 23.2 Å². The molecule has 0 saturated heterocycles. The first-order chi connectivity index (χ1) is 8.56. The topological polar surface area (TPSA) is 99.1 Å². The molecule has 94 valence electrons. The minimum Gasteiger partial charge on any atom is -0.497 e. The zero-order valence-corrected chi connectivity index (χ0v) is 9.64. The number of nitrogen functional groups attached to an aromatic ring is 2. The lowest BCUT2D eigenvalue weighted by atomic mass is 10.3. The van der Waals surface area contributed by atoms with Crippen LogP contribution in [0.15, 0.2) is 24.3 Å². The van der Waals surface area contributed by atoms with Crippen molar-refractivity contribution in [2.45, 2.75) is 0 Å². The summed E-state index contributed by atoms with van der Waals surface area (Å²) in [6, 6.07) is 5.69. The molecule has 1 aromatic carbocycles. The van der Waals surface area contributed by atoms with Gasteiger partial charge >= 0.3 is 0 Å². The fourth-order valence-electron chi connectivity index (χ4n) is 1.45. The van der Waals surface area contributed by atoms with Crippen molar-refractivity contribution in [3.63, 3.8) is 0 Å². The van der Waals surface area contributed by atoms with Crippen molar-refractivity contribution in [3.8, 4) is 5.75 Å². The molecule has 0 unspecified atom stereocenters. The lowest BCUT2D eigenvalue weighted by molar-refractivity contribution is 0.411. The Bertz CT molecular complexity index is 555. The molecule has 0 aliphatic heterocycles. The summed E-state index contributed by atoms with van der Waals surface area (Å²) in [6.45, 7) is 0. The molecular weight excluding hydrogens is 237 g/mol. The highest BCUT2D eigenvalue weighted by Crippen LogP contribution is 2.23. The Hall–Kier alpha value is -2.57. The zero-order chi connectivity index (χ0) is 13.1. The zero-order valence-electron chi connectivity index (χ0n) is 9.64. The van der Waals surface area contributed by atoms with Crippen LogP contribution in [0.25, 0.3) is 0 Å². The van der Waals surface area contributed by atoms with Crippen LogP contribution in [-0.2, 0) is 0 Å². The molecule has 5 N–H and O–H groups in total. The van der Waals surface area contributed by atoms with Gasteiger partial charge < -0.3 is 21.5 Å². The van der Waals surface area contributed by atoms with Crippen molar-refractivity contribution in [1.82, 2.24) is 9.97 Å². The summed E-state index contributed by atoms with van der Waals surface area (Å²) < 4.78 is 18.2. The molecule has 2 aromatic rings. The summed E-state index contributed by atoms with van der Waals surface area (Å²) in [4.78, 5) is 7.66. The van der Waals surface area contributed by atoms with Crippen LogP contribution in [0.5, 0.6) is 5.75 Å². The molecule has 2 rings (SSSR count). The second-order valence-corrected chi connectivity index (χ2v) is 3.54. The molecule has 0 spiro atoms. The summed E-state index contributed by atoms with van der Waals surface area (Å²) in [5, 5.41) is 2.87. The van der Waals surface area contributed by atoms with Crippen LogP contribution < -0.4 is 21.5 Å². The van der Waals surface area contributed by atoms with E-state index in [1.165, 1.54) is 25.3 Å². The molecule has 0 bridgehead atoms. The normalized spacial score (nSPS) is 10.1. The van der Waals surface area contributed by atoms with E-state index in [4.69, 9.17) is 16.2 Å². The molecule has 0 aliphatic carbocycles. The number of hydrogen-bond donors (Lipinski definition) is 3. The third kappa shape index (κ3) is 2.76. The predicted molar refractivity (Wildman–Crippen MR) is 67.1 cm³/mol. The summed E-state index contributed by atoms with van der Waals surface area (Å²) in [6.07, 6.45) is 0. The maximum Gasteiger partial charge on any atom is 0.223 e. The predicted octanol–water partition coefficient (Wildman–Crippen LogP) is 1.53. The maximum atomic E-state index is 13.3. The number of hydrogen-bond acceptors (Lipinski definition) is 6. The second kappa shape index (κ2) is 4.74. The SMILES string of the molecule is COc1cc(F)cc(Nc2cc(N)nc(N)n2)c1. The van der Waals surface area contributed by atoms with Crippen molar-refractivity contribution >= 4 is 23.3 Å². The van der Waals surface area contributed by atoms with E-state index < -0.39 is 5.82 Å². The number of anilines is 4. The van der Waals surface area contributed by atoms with Crippen LogP contribution in [-0.4, -0.2) is 17.1 Å². The van der Waals surface area contributed by atoms with Gasteiger partial charge in [0, 0.05) is 23.9 Å². The molecule has 0 saturated carbocycles. The number of nitrogens with zero attached hydrogens (tertiary/aromatic N) is 2. The molecule has 0 radical (unpaired) electrons. The van der Waals surface area contributed by atoms with E-state index in [1.54, 1.807) is 6.07 Å². The van der Waals surface area contributed by atoms with E-state index in [1.807, 2.05) is 0 Å². The van der Waals surface area contributed by atoms with E-state index in [9.17, 15) is 4.39 Å². The number of aromatic nitrogens is 2. The number of nitrogens with two attached hydrogens (primary N) is 2. The van der Waals surface area contributed by atoms with Gasteiger partial charge in [0.2, 0.25) is 5.95 Å². The van der Waals surface area contributed by atoms with Gasteiger partial charge in [0.15, 0.2) is 0 Å². The highest BCUT2D eigenvalue weighted by atomic mass is 19.1. The molecule has 0 fully saturated rings. The summed E-state index contributed by atoms with van der Waals surface area (Å²) in [5.74, 6) is 0.626. The Morgan fingerprint density at radius 3 is 2.61 bits per heavy atom. The third-order valence-corrected chi connectivity index (χ3v) is 2.14. The smallest absolute Gasteiger partial charge is 0.223 e. The van der Waals surface area contributed by atoms with Crippen molar-refractivity contribution in [2.75, 3.05) is 23.9 Å². The average molecular weight is 249 g/mol. The number of benzene rings is 1. The van der Waals surface area contributed by atoms with Gasteiger partial charge in [-0.2, -0.15) is 9.97 Å². The minimum absolute atomic E-state index is 0.0425. The minimum atomic E-state index is -0.424. The first-order valence-corrected chi connectivity index (χ1v) is 5.08. The standard InChI is InChI=1S/C11H12FN5O/c1-18-8-3-6(12)2-7(4-8)15-10-5-9(13)16-11(14)17-10/h2-5H,1H3,(H5,13,14,15,16,17). The van der Waals surface area contributed by atoms with E-state index in [2.05, 4.69) is 15.3 Å². The van der Waals surface area contributed by atoms with Gasteiger partial charge in [-0.1, -0.05) is 0 Å². The van der Waals surface area contributed by atoms with E-state index in [0.717, 1.165) is 0 Å². The first kappa shape index (κ1) is 11.9. The van der Waals surface area contributed by atoms with Crippen LogP contribution in [0.4, 0.5) is 27.7 Å². The van der Waals surface area contributed by atoms with Gasteiger partial charge in [0.25, 0.3) is 0 Å². The van der Waals surface area contributed by atoms with E-state index in [-0.39, 0.29) is 11.8 Å². The van der Waals surface area contributed by atoms with E-state index >= 15 is 0 Å². The van der Waals surface area contributed by atoms with Crippen LogP contribution in [0, 0.1) is 5.82 Å². The Labute approximate surface area is 103 Å². The molecule has 0 amide bonds. The lowest BCUT2D eigenvalue weighted by Crippen LogP contribution is -2.03. The second-order valence-electron chi connectivity index (χ2n) is 3.54. The fraction of sp³-hybridized carbons (Fsp3) is 0.0909. The summed E-state index contributed by atoms with van der Waals surface area (Å²) in [5.41, 5.74) is 11.5. The first-order valence-electron chi connectivity index (χ1n) is 5.08. The maximum absolute atomic E-state index is 13.3. The average Bonchev–Trinajstić information content (AvgIpc) is 2.26. The Kier molecular flexibility index (Phi) is 3.13. The number of halogens is 1. The van der Waals surface area contributed by atoms with Gasteiger partial charge in [-0.05, 0) is 6.07 Å². The molecule has 18 heavy (non-hydrogen) atoms. The Morgan fingerprint density at radius 1 is 1.17 bits per heavy atom. The molecule has 7 heteroatoms. The Morgan fingerprint density at radius 2 is 1.94 bits per heavy atom. The van der Waals surface area contributed by atoms with Gasteiger partial charge in [-0.3, -0.25) is 0 Å². The highest BCUT2D eigenvalue weighted by molar-refractivity contribution is 5.61. The lowest BCUT2D eigenvalue weighted by Gasteiger charge is -2.08. The number of ether oxygens (including phenoxy) is 1. The molecule has 1 heterocycles. The van der Waals surface area contributed by atoms with Crippen LogP contribution >= 0.6 is 0 Å². The van der Waals surface area contributed by atoms with Crippen molar-refractivity contribution < 1.29 is 9.13 Å². The summed E-state index contributed by atoms with van der Waals surface area (Å²) >= 11 is 0. The number of rotatable bonds is 3. The third-order valence-electron chi connectivity index (χ3n) is 2.14. The van der Waals surface area contributed by atoms with Gasteiger partial charge in [-0.25, -0.2) is 4.39 Å². The summed E-state index contributed by atoms with van der Waals surface area (Å²) in [7, 11) is 1.46. The molecule has 0 atom stereocenters. The van der Waals surface area contributed by atoms with Gasteiger partial charge in [-0.15, -0.1) is 0 Å². The fourth-order valence-corrected chi connectivity index (χ4v) is 1.45. The van der Waals surface area contributed by atoms with Crippen molar-refractivity contribution in [1.29, 1.82) is 0 Å². The van der Waals surface area contributed by atoms with E-state index in [0.29, 0.717) is 17.3 Å². The van der Waals surface area contributed by atoms with Crippen LogP contribution in [0.2, 0.25) is 0 Å². The largest absolute Gasteiger partial charge is 0.497 e. The number of methoxy groups -OCH3 is 1. The number of nitrogens with one attached hydrogen (secondary N) is 1. The van der Waals surface area contributed by atoms with Crippen molar-refractivity contribution in [3.05, 3.63) is 30.1 Å². The molecule has 6 nitrogen and oxygen atoms in total. The van der Waals surface area contributed by atoms with Crippen LogP contribution in [0.3, 0.4) is 0 Å². The molecule has 0 aliphatic rings. The van der Waals surface area contributed by atoms with Crippen LogP contribution in [0.1, 0.15) is 0 Å². The highest BCUT2D eigenvalue weighted by Gasteiger charge is 2.04. The molecule has 1 aromatic heterocycles. The van der Waals surface area contributed by atoms with Gasteiger partial charge in [0.05, 0.1) is 7.11 Å². The quantitative estimate of drug-likeness (QED) is 0.763. The monoisotopic (exact) mass is 249 g/mol. The Balaban J connectivity index is 2.30.